The summed E-state index contributed by atoms with van der Waals surface area (Å²) < 4.78 is 6.34. The number of nitrogens with zero attached hydrogens (tertiary/aromatic N) is 2. The predicted octanol–water partition coefficient (Wildman–Crippen LogP) is 5.74. The van der Waals surface area contributed by atoms with Crippen molar-refractivity contribution in [1.82, 2.24) is 4.98 Å². The van der Waals surface area contributed by atoms with Crippen molar-refractivity contribution in [3.8, 4) is 11.8 Å². The van der Waals surface area contributed by atoms with Gasteiger partial charge in [-0.3, -0.25) is 0 Å². The molecule has 0 radical (unpaired) electrons. The molecule has 3 rings (SSSR count). The molecule has 0 spiro atoms. The molecule has 3 nitrogen and oxygen atoms in total. The standard InChI is InChI=1S/C18H13ClN2OS2/c1-22-15-5-3-11(8-17(15)23-2)7-12(10-20)18-21-14-9-13(19)4-6-16(14)24-18/h3-9H,1-2H3/b12-7-. The average Bonchev–Trinajstić information content (AvgIpc) is 3.02. The number of thiazole rings is 1. The Morgan fingerprint density at radius 2 is 2.17 bits per heavy atom. The molecule has 0 atom stereocenters. The third-order valence-corrected chi connectivity index (χ3v) is 5.48. The quantitative estimate of drug-likeness (QED) is 0.432. The van der Waals surface area contributed by atoms with Crippen molar-refractivity contribution in [1.29, 1.82) is 5.26 Å². The number of fused-ring (bicyclic) bond motifs is 1. The molecule has 0 aliphatic carbocycles. The van der Waals surface area contributed by atoms with E-state index in [0.717, 1.165) is 26.4 Å². The Balaban J connectivity index is 2.04. The van der Waals surface area contributed by atoms with E-state index in [1.165, 1.54) is 11.3 Å². The van der Waals surface area contributed by atoms with Crippen molar-refractivity contribution in [2.45, 2.75) is 4.90 Å². The fourth-order valence-electron chi connectivity index (χ4n) is 2.27. The van der Waals surface area contributed by atoms with Crippen LogP contribution in [0, 0.1) is 11.3 Å². The fraction of sp³-hybridized carbons (Fsp3) is 0.111. The highest BCUT2D eigenvalue weighted by molar-refractivity contribution is 7.98. The summed E-state index contributed by atoms with van der Waals surface area (Å²) in [7, 11) is 1.65. The van der Waals surface area contributed by atoms with E-state index in [-0.39, 0.29) is 0 Å². The van der Waals surface area contributed by atoms with Crippen LogP contribution in [-0.4, -0.2) is 18.3 Å². The van der Waals surface area contributed by atoms with Crippen LogP contribution in [0.15, 0.2) is 41.3 Å². The third kappa shape index (κ3) is 3.41. The van der Waals surface area contributed by atoms with Gasteiger partial charge in [0.1, 0.15) is 16.8 Å². The topological polar surface area (TPSA) is 45.9 Å². The zero-order valence-corrected chi connectivity index (χ0v) is 15.4. The van der Waals surface area contributed by atoms with E-state index in [9.17, 15) is 5.26 Å². The first-order chi connectivity index (χ1) is 11.6. The van der Waals surface area contributed by atoms with Gasteiger partial charge in [-0.1, -0.05) is 17.7 Å². The van der Waals surface area contributed by atoms with Crippen LogP contribution < -0.4 is 4.74 Å². The molecular formula is C18H13ClN2OS2. The van der Waals surface area contributed by atoms with Crippen LogP contribution >= 0.6 is 34.7 Å². The second-order valence-electron chi connectivity index (χ2n) is 4.92. The van der Waals surface area contributed by atoms with Crippen molar-refractivity contribution in [2.75, 3.05) is 13.4 Å². The highest BCUT2D eigenvalue weighted by Crippen LogP contribution is 2.32. The van der Waals surface area contributed by atoms with E-state index in [1.54, 1.807) is 18.9 Å². The first-order valence-corrected chi connectivity index (χ1v) is 9.47. The van der Waals surface area contributed by atoms with Crippen LogP contribution in [-0.2, 0) is 0 Å². The summed E-state index contributed by atoms with van der Waals surface area (Å²) >= 11 is 9.09. The Labute approximate surface area is 153 Å². The van der Waals surface area contributed by atoms with Crippen molar-refractivity contribution >= 4 is 56.6 Å². The summed E-state index contributed by atoms with van der Waals surface area (Å²) in [6.07, 6.45) is 3.84. The van der Waals surface area contributed by atoms with Gasteiger partial charge < -0.3 is 4.74 Å². The number of nitriles is 1. The number of rotatable bonds is 4. The molecule has 0 amide bonds. The smallest absolute Gasteiger partial charge is 0.135 e. The first kappa shape index (κ1) is 16.8. The number of benzene rings is 2. The molecule has 0 fully saturated rings. The van der Waals surface area contributed by atoms with Gasteiger partial charge in [-0.2, -0.15) is 5.26 Å². The van der Waals surface area contributed by atoms with Crippen LogP contribution in [0.1, 0.15) is 10.6 Å². The predicted molar refractivity (Wildman–Crippen MR) is 103 cm³/mol. The zero-order chi connectivity index (χ0) is 17.1. The van der Waals surface area contributed by atoms with Crippen LogP contribution in [0.3, 0.4) is 0 Å². The molecule has 0 aliphatic rings. The Bertz CT molecular complexity index is 973. The minimum atomic E-state index is 0.532. The molecule has 120 valence electrons. The van der Waals surface area contributed by atoms with Crippen LogP contribution in [0.25, 0.3) is 21.9 Å². The first-order valence-electron chi connectivity index (χ1n) is 7.05. The van der Waals surface area contributed by atoms with Crippen LogP contribution in [0.2, 0.25) is 5.02 Å². The van der Waals surface area contributed by atoms with Crippen molar-refractivity contribution in [2.24, 2.45) is 0 Å². The normalized spacial score (nSPS) is 11.5. The number of aromatic nitrogens is 1. The molecule has 0 N–H and O–H groups in total. The van der Waals surface area contributed by atoms with Gasteiger partial charge >= 0.3 is 0 Å². The van der Waals surface area contributed by atoms with Crippen molar-refractivity contribution in [3.63, 3.8) is 0 Å². The second-order valence-corrected chi connectivity index (χ2v) is 7.23. The molecule has 2 aromatic carbocycles. The van der Waals surface area contributed by atoms with Crippen molar-refractivity contribution in [3.05, 3.63) is 52.0 Å². The summed E-state index contributed by atoms with van der Waals surface area (Å²) in [5, 5.41) is 10.9. The lowest BCUT2D eigenvalue weighted by molar-refractivity contribution is 0.405. The zero-order valence-electron chi connectivity index (χ0n) is 13.0. The summed E-state index contributed by atoms with van der Waals surface area (Å²) in [6.45, 7) is 0. The monoisotopic (exact) mass is 372 g/mol. The van der Waals surface area contributed by atoms with Crippen molar-refractivity contribution < 1.29 is 4.74 Å². The van der Waals surface area contributed by atoms with Gasteiger partial charge in [-0.05, 0) is 48.2 Å². The molecular weight excluding hydrogens is 360 g/mol. The fourth-order valence-corrected chi connectivity index (χ4v) is 3.95. The average molecular weight is 373 g/mol. The number of hydrogen-bond donors (Lipinski definition) is 0. The Hall–Kier alpha value is -2.00. The van der Waals surface area contributed by atoms with Gasteiger partial charge in [-0.15, -0.1) is 23.1 Å². The molecule has 0 saturated heterocycles. The lowest BCUT2D eigenvalue weighted by Crippen LogP contribution is -1.87. The van der Waals surface area contributed by atoms with E-state index in [1.807, 2.05) is 48.7 Å². The third-order valence-electron chi connectivity index (χ3n) is 3.42. The van der Waals surface area contributed by atoms with Crippen LogP contribution in [0.4, 0.5) is 0 Å². The summed E-state index contributed by atoms with van der Waals surface area (Å²) in [5.41, 5.74) is 2.28. The minimum absolute atomic E-state index is 0.532. The van der Waals surface area contributed by atoms with Gasteiger partial charge in [0.2, 0.25) is 0 Å². The maximum Gasteiger partial charge on any atom is 0.135 e. The second kappa shape index (κ2) is 7.27. The minimum Gasteiger partial charge on any atom is -0.496 e. The van der Waals surface area contributed by atoms with Gasteiger partial charge in [0.15, 0.2) is 0 Å². The molecule has 0 unspecified atom stereocenters. The lowest BCUT2D eigenvalue weighted by atomic mass is 10.1. The Morgan fingerprint density at radius 3 is 2.88 bits per heavy atom. The summed E-state index contributed by atoms with van der Waals surface area (Å²) in [4.78, 5) is 5.56. The Morgan fingerprint density at radius 1 is 1.33 bits per heavy atom. The number of ether oxygens (including phenoxy) is 1. The molecule has 0 aliphatic heterocycles. The van der Waals surface area contributed by atoms with Gasteiger partial charge in [-0.25, -0.2) is 4.98 Å². The molecule has 1 heterocycles. The van der Waals surface area contributed by atoms with Gasteiger partial charge in [0.05, 0.1) is 22.9 Å². The molecule has 6 heteroatoms. The van der Waals surface area contributed by atoms with Gasteiger partial charge in [0.25, 0.3) is 0 Å². The Kier molecular flexibility index (Phi) is 5.10. The van der Waals surface area contributed by atoms with E-state index in [2.05, 4.69) is 11.1 Å². The summed E-state index contributed by atoms with van der Waals surface area (Å²) in [5.74, 6) is 0.827. The maximum atomic E-state index is 9.54. The van der Waals surface area contributed by atoms with E-state index in [0.29, 0.717) is 15.6 Å². The lowest BCUT2D eigenvalue weighted by Gasteiger charge is -2.06. The van der Waals surface area contributed by atoms with Gasteiger partial charge in [0, 0.05) is 9.92 Å². The van der Waals surface area contributed by atoms with E-state index in [4.69, 9.17) is 16.3 Å². The highest BCUT2D eigenvalue weighted by Gasteiger charge is 2.10. The number of halogens is 1. The molecule has 3 aromatic rings. The highest BCUT2D eigenvalue weighted by atomic mass is 35.5. The largest absolute Gasteiger partial charge is 0.496 e. The molecule has 24 heavy (non-hydrogen) atoms. The number of methoxy groups -OCH3 is 1. The maximum absolute atomic E-state index is 9.54. The molecule has 1 aromatic heterocycles. The van der Waals surface area contributed by atoms with E-state index < -0.39 is 0 Å². The SMILES string of the molecule is COc1ccc(/C=C(/C#N)c2nc3cc(Cl)ccc3s2)cc1SC. The number of hydrogen-bond acceptors (Lipinski definition) is 5. The molecule has 0 saturated carbocycles. The number of allylic oxidation sites excluding steroid dienone is 1. The van der Waals surface area contributed by atoms with E-state index >= 15 is 0 Å². The molecule has 0 bridgehead atoms. The number of thioether (sulfide) groups is 1. The summed E-state index contributed by atoms with van der Waals surface area (Å²) in [6, 6.07) is 13.7. The van der Waals surface area contributed by atoms with Crippen LogP contribution in [0.5, 0.6) is 5.75 Å².